The predicted octanol–water partition coefficient (Wildman–Crippen LogP) is 3.70. The predicted molar refractivity (Wildman–Crippen MR) is 111 cm³/mol. The number of benzene rings is 2. The van der Waals surface area contributed by atoms with Crippen molar-refractivity contribution in [1.29, 1.82) is 0 Å². The molecule has 1 unspecified atom stereocenters. The minimum absolute atomic E-state index is 0.0735. The van der Waals surface area contributed by atoms with E-state index in [1.165, 1.54) is 0 Å². The van der Waals surface area contributed by atoms with Crippen molar-refractivity contribution in [2.45, 2.75) is 25.8 Å². The summed E-state index contributed by atoms with van der Waals surface area (Å²) in [6.07, 6.45) is 2.00. The lowest BCUT2D eigenvalue weighted by Crippen LogP contribution is -2.31. The molecule has 1 aromatic heterocycles. The number of nitrogens with one attached hydrogen (secondary N) is 1. The fraction of sp³-hybridized carbons (Fsp3) is 0.261. The molecule has 0 spiro atoms. The van der Waals surface area contributed by atoms with Gasteiger partial charge in [-0.05, 0) is 13.0 Å². The highest BCUT2D eigenvalue weighted by molar-refractivity contribution is 5.81. The maximum absolute atomic E-state index is 12.1. The van der Waals surface area contributed by atoms with Crippen molar-refractivity contribution < 1.29 is 23.5 Å². The number of aryl methyl sites for hydroxylation is 1. The zero-order valence-electron chi connectivity index (χ0n) is 17.0. The number of nitrogens with zero attached hydrogens (tertiary/aromatic N) is 1. The monoisotopic (exact) mass is 408 g/mol. The standard InChI is InChI=1S/C23H24N2O5/c1-16(18-10-6-7-11-19(18)28-2)25-21(26)15-29-23(27)13-12-22-24-14-20(30-22)17-8-4-3-5-9-17/h3-11,14,16H,12-13,15H2,1-2H3,(H,25,26). The Morgan fingerprint density at radius 3 is 2.60 bits per heavy atom. The van der Waals surface area contributed by atoms with E-state index in [1.807, 2.05) is 61.5 Å². The lowest BCUT2D eigenvalue weighted by Gasteiger charge is -2.17. The molecule has 1 heterocycles. The molecule has 0 bridgehead atoms. The summed E-state index contributed by atoms with van der Waals surface area (Å²) in [6, 6.07) is 16.7. The van der Waals surface area contributed by atoms with Crippen molar-refractivity contribution in [3.63, 3.8) is 0 Å². The Kier molecular flexibility index (Phi) is 7.21. The van der Waals surface area contributed by atoms with E-state index in [0.29, 0.717) is 23.8 Å². The van der Waals surface area contributed by atoms with Gasteiger partial charge in [-0.1, -0.05) is 48.5 Å². The molecule has 0 aliphatic heterocycles. The Morgan fingerprint density at radius 2 is 1.83 bits per heavy atom. The van der Waals surface area contributed by atoms with Crippen molar-refractivity contribution in [3.8, 4) is 17.1 Å². The summed E-state index contributed by atoms with van der Waals surface area (Å²) >= 11 is 0. The molecule has 1 N–H and O–H groups in total. The van der Waals surface area contributed by atoms with E-state index >= 15 is 0 Å². The molecule has 0 aliphatic carbocycles. The molecule has 30 heavy (non-hydrogen) atoms. The average Bonchev–Trinajstić information content (AvgIpc) is 3.26. The molecule has 156 valence electrons. The van der Waals surface area contributed by atoms with Gasteiger partial charge in [0.2, 0.25) is 0 Å². The summed E-state index contributed by atoms with van der Waals surface area (Å²) in [4.78, 5) is 28.3. The van der Waals surface area contributed by atoms with Crippen LogP contribution in [0.4, 0.5) is 0 Å². The van der Waals surface area contributed by atoms with Gasteiger partial charge in [0.1, 0.15) is 5.75 Å². The lowest BCUT2D eigenvalue weighted by molar-refractivity contribution is -0.148. The second-order valence-corrected chi connectivity index (χ2v) is 6.68. The van der Waals surface area contributed by atoms with E-state index in [-0.39, 0.29) is 25.0 Å². The number of oxazole rings is 1. The van der Waals surface area contributed by atoms with Crippen molar-refractivity contribution >= 4 is 11.9 Å². The second-order valence-electron chi connectivity index (χ2n) is 6.68. The highest BCUT2D eigenvalue weighted by Gasteiger charge is 2.15. The van der Waals surface area contributed by atoms with Crippen LogP contribution in [0.2, 0.25) is 0 Å². The molecular formula is C23H24N2O5. The first-order valence-electron chi connectivity index (χ1n) is 9.65. The number of carbonyl (C=O) groups is 2. The summed E-state index contributed by atoms with van der Waals surface area (Å²) in [5, 5.41) is 2.79. The summed E-state index contributed by atoms with van der Waals surface area (Å²) in [5.74, 6) is 0.894. The summed E-state index contributed by atoms with van der Waals surface area (Å²) in [6.45, 7) is 1.49. The molecule has 3 rings (SSSR count). The largest absolute Gasteiger partial charge is 0.496 e. The SMILES string of the molecule is COc1ccccc1C(C)NC(=O)COC(=O)CCc1ncc(-c2ccccc2)o1. The number of para-hydroxylation sites is 1. The molecule has 1 amide bonds. The van der Waals surface area contributed by atoms with Gasteiger partial charge in [-0.15, -0.1) is 0 Å². The first-order chi connectivity index (χ1) is 14.6. The second kappa shape index (κ2) is 10.2. The minimum Gasteiger partial charge on any atom is -0.496 e. The van der Waals surface area contributed by atoms with Crippen molar-refractivity contribution in [2.24, 2.45) is 0 Å². The van der Waals surface area contributed by atoms with Crippen LogP contribution >= 0.6 is 0 Å². The quantitative estimate of drug-likeness (QED) is 0.543. The van der Waals surface area contributed by atoms with E-state index < -0.39 is 5.97 Å². The number of carbonyl (C=O) groups excluding carboxylic acids is 2. The first-order valence-corrected chi connectivity index (χ1v) is 9.65. The van der Waals surface area contributed by atoms with Crippen LogP contribution in [0.3, 0.4) is 0 Å². The average molecular weight is 408 g/mol. The lowest BCUT2D eigenvalue weighted by atomic mass is 10.1. The Labute approximate surface area is 175 Å². The van der Waals surface area contributed by atoms with Crippen LogP contribution in [-0.4, -0.2) is 30.6 Å². The van der Waals surface area contributed by atoms with Gasteiger partial charge in [-0.2, -0.15) is 0 Å². The Hall–Kier alpha value is -3.61. The van der Waals surface area contributed by atoms with E-state index in [4.69, 9.17) is 13.9 Å². The first kappa shape index (κ1) is 21.1. The van der Waals surface area contributed by atoms with Gasteiger partial charge in [0, 0.05) is 17.5 Å². The molecule has 7 heteroatoms. The zero-order chi connectivity index (χ0) is 21.3. The van der Waals surface area contributed by atoms with Gasteiger partial charge in [-0.25, -0.2) is 4.98 Å². The van der Waals surface area contributed by atoms with E-state index in [0.717, 1.165) is 11.1 Å². The topological polar surface area (TPSA) is 90.7 Å². The molecule has 0 aliphatic rings. The summed E-state index contributed by atoms with van der Waals surface area (Å²) < 4.78 is 16.0. The summed E-state index contributed by atoms with van der Waals surface area (Å²) in [5.41, 5.74) is 1.76. The molecule has 1 atom stereocenters. The minimum atomic E-state index is -0.491. The van der Waals surface area contributed by atoms with E-state index in [9.17, 15) is 9.59 Å². The number of esters is 1. The van der Waals surface area contributed by atoms with Crippen molar-refractivity contribution in [3.05, 3.63) is 72.2 Å². The molecule has 0 fully saturated rings. The Balaban J connectivity index is 1.42. The molecule has 0 saturated heterocycles. The number of methoxy groups -OCH3 is 1. The van der Waals surface area contributed by atoms with Gasteiger partial charge in [-0.3, -0.25) is 9.59 Å². The van der Waals surface area contributed by atoms with Gasteiger partial charge < -0.3 is 19.2 Å². The normalized spacial score (nSPS) is 11.5. The number of ether oxygens (including phenoxy) is 2. The molecular weight excluding hydrogens is 384 g/mol. The maximum atomic E-state index is 12.1. The van der Waals surface area contributed by atoms with Crippen LogP contribution in [0.15, 0.2) is 65.2 Å². The third-order valence-electron chi connectivity index (χ3n) is 4.50. The number of aromatic nitrogens is 1. The highest BCUT2D eigenvalue weighted by atomic mass is 16.5. The van der Waals surface area contributed by atoms with Crippen LogP contribution in [0.1, 0.15) is 30.8 Å². The van der Waals surface area contributed by atoms with Crippen LogP contribution in [-0.2, 0) is 20.7 Å². The number of rotatable bonds is 9. The van der Waals surface area contributed by atoms with Crippen molar-refractivity contribution in [2.75, 3.05) is 13.7 Å². The van der Waals surface area contributed by atoms with Crippen LogP contribution in [0.5, 0.6) is 5.75 Å². The maximum Gasteiger partial charge on any atom is 0.306 e. The fourth-order valence-corrected chi connectivity index (χ4v) is 2.97. The molecule has 3 aromatic rings. The van der Waals surface area contributed by atoms with Crippen molar-refractivity contribution in [1.82, 2.24) is 10.3 Å². The van der Waals surface area contributed by atoms with Gasteiger partial charge in [0.05, 0.1) is 25.8 Å². The van der Waals surface area contributed by atoms with Crippen LogP contribution in [0, 0.1) is 0 Å². The molecule has 7 nitrogen and oxygen atoms in total. The Morgan fingerprint density at radius 1 is 1.10 bits per heavy atom. The zero-order valence-corrected chi connectivity index (χ0v) is 17.0. The molecule has 0 saturated carbocycles. The van der Waals surface area contributed by atoms with E-state index in [2.05, 4.69) is 10.3 Å². The fourth-order valence-electron chi connectivity index (χ4n) is 2.97. The van der Waals surface area contributed by atoms with Crippen LogP contribution in [0.25, 0.3) is 11.3 Å². The molecule has 2 aromatic carbocycles. The van der Waals surface area contributed by atoms with Gasteiger partial charge in [0.15, 0.2) is 18.3 Å². The van der Waals surface area contributed by atoms with Crippen LogP contribution < -0.4 is 10.1 Å². The molecule has 0 radical (unpaired) electrons. The number of amides is 1. The van der Waals surface area contributed by atoms with Gasteiger partial charge >= 0.3 is 5.97 Å². The number of hydrogen-bond donors (Lipinski definition) is 1. The number of hydrogen-bond acceptors (Lipinski definition) is 6. The summed E-state index contributed by atoms with van der Waals surface area (Å²) in [7, 11) is 1.58. The third kappa shape index (κ3) is 5.70. The third-order valence-corrected chi connectivity index (χ3v) is 4.50. The Bertz CT molecular complexity index is 984. The highest BCUT2D eigenvalue weighted by Crippen LogP contribution is 2.24. The van der Waals surface area contributed by atoms with Gasteiger partial charge in [0.25, 0.3) is 5.91 Å². The van der Waals surface area contributed by atoms with E-state index in [1.54, 1.807) is 13.3 Å². The smallest absolute Gasteiger partial charge is 0.306 e.